The number of hydrogen-bond acceptors (Lipinski definition) is 8. The number of aromatic nitrogens is 1. The standard InChI is InChI=1S/C20H15N3O6S/c24-16(10-12-11-30-20(21-12)22-17(25)15-6-3-8-28-15)29-9-7-23-18(26)13-4-1-2-5-14(13)19(23)27/h1-6,8,11H,7,9-10H2,(H,21,22,25). The maximum Gasteiger partial charge on any atom is 0.311 e. The van der Waals surface area contributed by atoms with Crippen LogP contribution in [0.15, 0.2) is 52.5 Å². The summed E-state index contributed by atoms with van der Waals surface area (Å²) < 4.78 is 10.1. The number of esters is 1. The highest BCUT2D eigenvalue weighted by molar-refractivity contribution is 7.14. The van der Waals surface area contributed by atoms with Crippen LogP contribution in [0.3, 0.4) is 0 Å². The summed E-state index contributed by atoms with van der Waals surface area (Å²) in [4.78, 5) is 53.7. The summed E-state index contributed by atoms with van der Waals surface area (Å²) in [6.07, 6.45) is 1.29. The summed E-state index contributed by atoms with van der Waals surface area (Å²) in [6.45, 7) is -0.143. The average Bonchev–Trinajstić information content (AvgIpc) is 3.46. The minimum absolute atomic E-state index is 0.0282. The van der Waals surface area contributed by atoms with Gasteiger partial charge in [0.2, 0.25) is 0 Å². The van der Waals surface area contributed by atoms with E-state index in [0.717, 1.165) is 16.2 Å². The predicted molar refractivity (Wildman–Crippen MR) is 105 cm³/mol. The first-order valence-corrected chi connectivity index (χ1v) is 9.81. The molecular formula is C20H15N3O6S. The number of benzene rings is 1. The van der Waals surface area contributed by atoms with Crippen LogP contribution in [0.4, 0.5) is 5.13 Å². The molecule has 152 valence electrons. The number of hydrogen-bond donors (Lipinski definition) is 1. The van der Waals surface area contributed by atoms with Gasteiger partial charge in [0.05, 0.1) is 36.0 Å². The molecule has 3 amide bonds. The van der Waals surface area contributed by atoms with Crippen LogP contribution in [-0.4, -0.2) is 46.7 Å². The molecule has 4 rings (SSSR count). The van der Waals surface area contributed by atoms with Gasteiger partial charge >= 0.3 is 5.97 Å². The Morgan fingerprint density at radius 1 is 1.10 bits per heavy atom. The number of rotatable bonds is 7. The second-order valence-corrected chi connectivity index (χ2v) is 7.14. The quantitative estimate of drug-likeness (QED) is 0.456. The molecule has 3 aromatic rings. The summed E-state index contributed by atoms with van der Waals surface area (Å²) in [6, 6.07) is 9.67. The van der Waals surface area contributed by atoms with Crippen LogP contribution in [0.1, 0.15) is 37.0 Å². The molecule has 0 bridgehead atoms. The molecule has 0 fully saturated rings. The summed E-state index contributed by atoms with van der Waals surface area (Å²) in [5.41, 5.74) is 1.13. The van der Waals surface area contributed by atoms with E-state index in [9.17, 15) is 19.2 Å². The minimum Gasteiger partial charge on any atom is -0.463 e. The fourth-order valence-electron chi connectivity index (χ4n) is 2.90. The lowest BCUT2D eigenvalue weighted by atomic mass is 10.1. The molecule has 2 aromatic heterocycles. The van der Waals surface area contributed by atoms with Crippen LogP contribution in [0.2, 0.25) is 0 Å². The number of nitrogens with one attached hydrogen (secondary N) is 1. The largest absolute Gasteiger partial charge is 0.463 e. The third kappa shape index (κ3) is 3.98. The van der Waals surface area contributed by atoms with Crippen molar-refractivity contribution >= 4 is 40.2 Å². The van der Waals surface area contributed by atoms with Gasteiger partial charge < -0.3 is 9.15 Å². The zero-order chi connectivity index (χ0) is 21.1. The minimum atomic E-state index is -0.555. The maximum absolute atomic E-state index is 12.3. The molecule has 1 N–H and O–H groups in total. The molecular weight excluding hydrogens is 410 g/mol. The van der Waals surface area contributed by atoms with E-state index in [-0.39, 0.29) is 25.3 Å². The highest BCUT2D eigenvalue weighted by atomic mass is 32.1. The Morgan fingerprint density at radius 2 is 1.83 bits per heavy atom. The Bertz CT molecular complexity index is 1090. The van der Waals surface area contributed by atoms with Crippen molar-refractivity contribution in [2.24, 2.45) is 0 Å². The number of anilines is 1. The van der Waals surface area contributed by atoms with Crippen molar-refractivity contribution in [2.45, 2.75) is 6.42 Å². The Hall–Kier alpha value is -3.79. The van der Waals surface area contributed by atoms with Crippen molar-refractivity contribution in [3.05, 3.63) is 70.6 Å². The summed E-state index contributed by atoms with van der Waals surface area (Å²) in [7, 11) is 0. The number of amides is 3. The third-order valence-electron chi connectivity index (χ3n) is 4.30. The van der Waals surface area contributed by atoms with Crippen LogP contribution in [0.25, 0.3) is 0 Å². The zero-order valence-electron chi connectivity index (χ0n) is 15.5. The van der Waals surface area contributed by atoms with E-state index in [0.29, 0.717) is 22.0 Å². The number of carbonyl (C=O) groups is 4. The van der Waals surface area contributed by atoms with Gasteiger partial charge in [0.15, 0.2) is 10.9 Å². The number of imide groups is 1. The average molecular weight is 425 g/mol. The predicted octanol–water partition coefficient (Wildman–Crippen LogP) is 2.37. The summed E-state index contributed by atoms with van der Waals surface area (Å²) in [5, 5.41) is 4.53. The molecule has 0 saturated carbocycles. The second-order valence-electron chi connectivity index (χ2n) is 6.28. The van der Waals surface area contributed by atoms with Gasteiger partial charge in [-0.3, -0.25) is 29.4 Å². The van der Waals surface area contributed by atoms with Crippen LogP contribution in [-0.2, 0) is 16.0 Å². The van der Waals surface area contributed by atoms with Crippen molar-refractivity contribution in [3.63, 3.8) is 0 Å². The van der Waals surface area contributed by atoms with Gasteiger partial charge in [0, 0.05) is 5.38 Å². The normalized spacial score (nSPS) is 12.7. The van der Waals surface area contributed by atoms with E-state index in [4.69, 9.17) is 9.15 Å². The molecule has 1 aromatic carbocycles. The first-order valence-electron chi connectivity index (χ1n) is 8.93. The van der Waals surface area contributed by atoms with Crippen LogP contribution in [0.5, 0.6) is 0 Å². The summed E-state index contributed by atoms with van der Waals surface area (Å²) >= 11 is 1.16. The number of fused-ring (bicyclic) bond motifs is 1. The van der Waals surface area contributed by atoms with Gasteiger partial charge in [-0.1, -0.05) is 12.1 Å². The number of ether oxygens (including phenoxy) is 1. The molecule has 9 nitrogen and oxygen atoms in total. The van der Waals surface area contributed by atoms with Crippen LogP contribution in [0, 0.1) is 0 Å². The third-order valence-corrected chi connectivity index (χ3v) is 5.11. The lowest BCUT2D eigenvalue weighted by Crippen LogP contribution is -2.33. The van der Waals surface area contributed by atoms with Gasteiger partial charge in [-0.2, -0.15) is 0 Å². The van der Waals surface area contributed by atoms with E-state index in [1.165, 1.54) is 12.3 Å². The molecule has 1 aliphatic rings. The Morgan fingerprint density at radius 3 is 2.50 bits per heavy atom. The SMILES string of the molecule is O=C(Cc1csc(NC(=O)c2ccco2)n1)OCCN1C(=O)c2ccccc2C1=O. The molecule has 10 heteroatoms. The Labute approximate surface area is 174 Å². The molecule has 0 saturated heterocycles. The van der Waals surface area contributed by atoms with E-state index >= 15 is 0 Å². The number of thiazole rings is 1. The van der Waals surface area contributed by atoms with E-state index in [1.54, 1.807) is 35.7 Å². The molecule has 0 atom stereocenters. The number of nitrogens with zero attached hydrogens (tertiary/aromatic N) is 2. The smallest absolute Gasteiger partial charge is 0.311 e. The van der Waals surface area contributed by atoms with Crippen molar-refractivity contribution in [1.29, 1.82) is 0 Å². The van der Waals surface area contributed by atoms with Gasteiger partial charge in [-0.15, -0.1) is 11.3 Å². The summed E-state index contributed by atoms with van der Waals surface area (Å²) in [5.74, 6) is -1.64. The number of carbonyl (C=O) groups excluding carboxylic acids is 4. The number of furan rings is 1. The lowest BCUT2D eigenvalue weighted by Gasteiger charge is -2.13. The molecule has 0 spiro atoms. The fourth-order valence-corrected chi connectivity index (χ4v) is 3.61. The van der Waals surface area contributed by atoms with E-state index in [2.05, 4.69) is 10.3 Å². The molecule has 3 heterocycles. The molecule has 0 aliphatic carbocycles. The van der Waals surface area contributed by atoms with Gasteiger partial charge in [-0.05, 0) is 24.3 Å². The second kappa shape index (κ2) is 8.29. The van der Waals surface area contributed by atoms with E-state index < -0.39 is 23.7 Å². The van der Waals surface area contributed by atoms with Crippen molar-refractivity contribution in [1.82, 2.24) is 9.88 Å². The lowest BCUT2D eigenvalue weighted by molar-refractivity contribution is -0.143. The molecule has 30 heavy (non-hydrogen) atoms. The highest BCUT2D eigenvalue weighted by Crippen LogP contribution is 2.22. The first-order chi connectivity index (χ1) is 14.5. The fraction of sp³-hybridized carbons (Fsp3) is 0.150. The Balaban J connectivity index is 1.25. The van der Waals surface area contributed by atoms with Crippen LogP contribution >= 0.6 is 11.3 Å². The van der Waals surface area contributed by atoms with Gasteiger partial charge in [0.25, 0.3) is 17.7 Å². The molecule has 0 unspecified atom stereocenters. The van der Waals surface area contributed by atoms with Gasteiger partial charge in [0.1, 0.15) is 6.61 Å². The Kier molecular flexibility index (Phi) is 5.40. The molecule has 1 aliphatic heterocycles. The van der Waals surface area contributed by atoms with Crippen molar-refractivity contribution in [3.8, 4) is 0 Å². The first kappa shape index (κ1) is 19.5. The highest BCUT2D eigenvalue weighted by Gasteiger charge is 2.34. The monoisotopic (exact) mass is 425 g/mol. The van der Waals surface area contributed by atoms with Crippen LogP contribution < -0.4 is 5.32 Å². The molecule has 0 radical (unpaired) electrons. The van der Waals surface area contributed by atoms with E-state index in [1.807, 2.05) is 0 Å². The van der Waals surface area contributed by atoms with Gasteiger partial charge in [-0.25, -0.2) is 4.98 Å². The maximum atomic E-state index is 12.3. The zero-order valence-corrected chi connectivity index (χ0v) is 16.3. The van der Waals surface area contributed by atoms with Crippen molar-refractivity contribution < 1.29 is 28.3 Å². The van der Waals surface area contributed by atoms with Crippen molar-refractivity contribution in [2.75, 3.05) is 18.5 Å². The topological polar surface area (TPSA) is 119 Å².